The lowest BCUT2D eigenvalue weighted by molar-refractivity contribution is -0.385. The average molecular weight is 550 g/mol. The fraction of sp³-hybridized carbons (Fsp3) is 0.333. The van der Waals surface area contributed by atoms with Crippen molar-refractivity contribution in [2.24, 2.45) is 0 Å². The Morgan fingerprint density at radius 3 is 2.33 bits per heavy atom. The van der Waals surface area contributed by atoms with Crippen LogP contribution in [0.5, 0.6) is 17.2 Å². The number of nitro groups is 1. The zero-order chi connectivity index (χ0) is 29.1. The third kappa shape index (κ3) is 8.20. The van der Waals surface area contributed by atoms with Crippen molar-refractivity contribution in [2.75, 3.05) is 20.8 Å². The Labute approximate surface area is 234 Å². The predicted octanol–water partition coefficient (Wildman–Crippen LogP) is 4.55. The summed E-state index contributed by atoms with van der Waals surface area (Å²) in [6.45, 7) is 3.63. The Kier molecular flexibility index (Phi) is 10.9. The molecule has 0 aliphatic carbocycles. The molecule has 10 heteroatoms. The van der Waals surface area contributed by atoms with Gasteiger partial charge in [0.25, 0.3) is 5.91 Å². The third-order valence-electron chi connectivity index (χ3n) is 6.47. The molecule has 0 spiro atoms. The third-order valence-corrected chi connectivity index (χ3v) is 6.47. The number of hydrogen-bond donors (Lipinski definition) is 1. The van der Waals surface area contributed by atoms with Gasteiger partial charge in [-0.3, -0.25) is 19.7 Å². The number of rotatable bonds is 14. The number of benzene rings is 3. The van der Waals surface area contributed by atoms with E-state index >= 15 is 0 Å². The lowest BCUT2D eigenvalue weighted by Crippen LogP contribution is -2.53. The molecule has 0 bridgehead atoms. The van der Waals surface area contributed by atoms with Gasteiger partial charge in [-0.15, -0.1) is 0 Å². The van der Waals surface area contributed by atoms with Crippen LogP contribution in [0.2, 0.25) is 0 Å². The van der Waals surface area contributed by atoms with E-state index < -0.39 is 23.5 Å². The van der Waals surface area contributed by atoms with Gasteiger partial charge in [0.1, 0.15) is 17.5 Å². The van der Waals surface area contributed by atoms with Crippen molar-refractivity contribution >= 4 is 17.5 Å². The Morgan fingerprint density at radius 1 is 0.950 bits per heavy atom. The molecule has 3 rings (SSSR count). The molecule has 0 radical (unpaired) electrons. The molecule has 0 heterocycles. The summed E-state index contributed by atoms with van der Waals surface area (Å²) < 4.78 is 16.2. The number of carbonyl (C=O) groups is 2. The smallest absolute Gasteiger partial charge is 0.311 e. The Morgan fingerprint density at radius 2 is 1.68 bits per heavy atom. The van der Waals surface area contributed by atoms with Crippen LogP contribution < -0.4 is 19.5 Å². The summed E-state index contributed by atoms with van der Waals surface area (Å²) in [7, 11) is 2.88. The first-order chi connectivity index (χ1) is 19.2. The Bertz CT molecular complexity index is 1300. The highest BCUT2D eigenvalue weighted by atomic mass is 16.6. The number of methoxy groups -OCH3 is 2. The lowest BCUT2D eigenvalue weighted by atomic mass is 10.0. The molecule has 0 unspecified atom stereocenters. The van der Waals surface area contributed by atoms with E-state index in [0.717, 1.165) is 17.5 Å². The summed E-state index contributed by atoms with van der Waals surface area (Å²) in [5.74, 6) is 0.161. The molecule has 0 saturated carbocycles. The fourth-order valence-corrected chi connectivity index (χ4v) is 4.09. The van der Waals surface area contributed by atoms with E-state index in [9.17, 15) is 19.7 Å². The van der Waals surface area contributed by atoms with Crippen LogP contribution in [0.3, 0.4) is 0 Å². The number of ether oxygens (including phenoxy) is 3. The number of carbonyl (C=O) groups excluding carboxylic acids is 2. The van der Waals surface area contributed by atoms with Gasteiger partial charge in [0.05, 0.1) is 19.1 Å². The van der Waals surface area contributed by atoms with Crippen LogP contribution in [-0.4, -0.2) is 54.5 Å². The van der Waals surface area contributed by atoms with Crippen LogP contribution in [0.25, 0.3) is 0 Å². The summed E-state index contributed by atoms with van der Waals surface area (Å²) >= 11 is 0. The van der Waals surface area contributed by atoms with Gasteiger partial charge in [0.15, 0.2) is 6.61 Å². The molecule has 10 nitrogen and oxygen atoms in total. The summed E-state index contributed by atoms with van der Waals surface area (Å²) in [6.07, 6.45) is 1.03. The number of nitro benzene ring substituents is 1. The molecule has 2 atom stereocenters. The number of amides is 2. The quantitative estimate of drug-likeness (QED) is 0.231. The van der Waals surface area contributed by atoms with Crippen LogP contribution in [0.1, 0.15) is 31.4 Å². The van der Waals surface area contributed by atoms with Crippen molar-refractivity contribution < 1.29 is 28.7 Å². The van der Waals surface area contributed by atoms with E-state index in [1.165, 1.54) is 30.2 Å². The minimum Gasteiger partial charge on any atom is -0.497 e. The number of hydrogen-bond acceptors (Lipinski definition) is 7. The zero-order valence-electron chi connectivity index (χ0n) is 23.2. The average Bonchev–Trinajstić information content (AvgIpc) is 2.97. The van der Waals surface area contributed by atoms with Crippen LogP contribution >= 0.6 is 0 Å². The van der Waals surface area contributed by atoms with Gasteiger partial charge >= 0.3 is 5.69 Å². The normalized spacial score (nSPS) is 12.1. The van der Waals surface area contributed by atoms with Gasteiger partial charge in [-0.25, -0.2) is 0 Å². The van der Waals surface area contributed by atoms with Crippen LogP contribution in [-0.2, 0) is 22.6 Å². The van der Waals surface area contributed by atoms with Gasteiger partial charge in [-0.2, -0.15) is 0 Å². The molecule has 0 saturated heterocycles. The van der Waals surface area contributed by atoms with Crippen LogP contribution in [0, 0.1) is 10.1 Å². The number of nitrogens with one attached hydrogen (secondary N) is 1. The SMILES string of the molecule is CC[C@H](C)NC(=O)[C@@H](Cc1ccccc1)N(Cc1cccc(OC)c1)C(=O)COc1ccc([N+](=O)[O-])c(OC)c1. The van der Waals surface area contributed by atoms with E-state index in [0.29, 0.717) is 12.2 Å². The highest BCUT2D eigenvalue weighted by Gasteiger charge is 2.31. The molecule has 0 aliphatic heterocycles. The molecule has 3 aromatic carbocycles. The van der Waals surface area contributed by atoms with E-state index in [4.69, 9.17) is 14.2 Å². The first kappa shape index (κ1) is 29.9. The maximum atomic E-state index is 13.7. The number of nitrogens with zero attached hydrogens (tertiary/aromatic N) is 2. The highest BCUT2D eigenvalue weighted by molar-refractivity contribution is 5.88. The van der Waals surface area contributed by atoms with Gasteiger partial charge < -0.3 is 24.4 Å². The van der Waals surface area contributed by atoms with E-state index in [-0.39, 0.29) is 35.7 Å². The molecular formula is C30H35N3O7. The second-order valence-electron chi connectivity index (χ2n) is 9.28. The lowest BCUT2D eigenvalue weighted by Gasteiger charge is -2.32. The van der Waals surface area contributed by atoms with Gasteiger partial charge in [0, 0.05) is 31.1 Å². The van der Waals surface area contributed by atoms with Crippen molar-refractivity contribution in [2.45, 2.75) is 45.3 Å². The first-order valence-corrected chi connectivity index (χ1v) is 13.0. The predicted molar refractivity (Wildman–Crippen MR) is 151 cm³/mol. The zero-order valence-corrected chi connectivity index (χ0v) is 23.2. The van der Waals surface area contributed by atoms with E-state index in [1.807, 2.05) is 62.4 Å². The minimum absolute atomic E-state index is 0.0121. The molecule has 40 heavy (non-hydrogen) atoms. The summed E-state index contributed by atoms with van der Waals surface area (Å²) in [6, 6.07) is 19.9. The second-order valence-corrected chi connectivity index (χ2v) is 9.28. The largest absolute Gasteiger partial charge is 0.497 e. The Balaban J connectivity index is 1.94. The van der Waals surface area contributed by atoms with Crippen molar-refractivity contribution in [3.63, 3.8) is 0 Å². The first-order valence-electron chi connectivity index (χ1n) is 13.0. The molecule has 0 aliphatic rings. The maximum Gasteiger partial charge on any atom is 0.311 e. The van der Waals surface area contributed by atoms with Crippen molar-refractivity contribution in [3.05, 3.63) is 94.0 Å². The van der Waals surface area contributed by atoms with Crippen molar-refractivity contribution in [1.29, 1.82) is 0 Å². The summed E-state index contributed by atoms with van der Waals surface area (Å²) in [5, 5.41) is 14.3. The van der Waals surface area contributed by atoms with E-state index in [2.05, 4.69) is 5.32 Å². The highest BCUT2D eigenvalue weighted by Crippen LogP contribution is 2.31. The van der Waals surface area contributed by atoms with Crippen molar-refractivity contribution in [1.82, 2.24) is 10.2 Å². The molecule has 0 aromatic heterocycles. The molecule has 3 aromatic rings. The van der Waals surface area contributed by atoms with Gasteiger partial charge in [0.2, 0.25) is 11.7 Å². The Hall–Kier alpha value is -4.60. The van der Waals surface area contributed by atoms with Crippen molar-refractivity contribution in [3.8, 4) is 17.2 Å². The summed E-state index contributed by atoms with van der Waals surface area (Å²) in [4.78, 5) is 39.5. The second kappa shape index (κ2) is 14.5. The molecule has 212 valence electrons. The van der Waals surface area contributed by atoms with E-state index in [1.54, 1.807) is 13.2 Å². The van der Waals surface area contributed by atoms with Gasteiger partial charge in [-0.05, 0) is 42.7 Å². The van der Waals surface area contributed by atoms with Crippen LogP contribution in [0.4, 0.5) is 5.69 Å². The van der Waals surface area contributed by atoms with Gasteiger partial charge in [-0.1, -0.05) is 49.4 Å². The molecule has 2 amide bonds. The fourth-order valence-electron chi connectivity index (χ4n) is 4.09. The molecular weight excluding hydrogens is 514 g/mol. The topological polar surface area (TPSA) is 120 Å². The molecule has 1 N–H and O–H groups in total. The summed E-state index contributed by atoms with van der Waals surface area (Å²) in [5.41, 5.74) is 1.46. The maximum absolute atomic E-state index is 13.7. The standard InChI is InChI=1S/C30H35N3O7/c1-5-21(2)31-30(35)27(17-22-10-7-6-8-11-22)32(19-23-12-9-13-24(16-23)38-3)29(34)20-40-25-14-15-26(33(36)37)28(18-25)39-4/h6-16,18,21,27H,5,17,19-20H2,1-4H3,(H,31,35)/t21-,27+/m0/s1. The molecule has 0 fully saturated rings. The monoisotopic (exact) mass is 549 g/mol. The minimum atomic E-state index is -0.829. The van der Waals surface area contributed by atoms with Crippen LogP contribution in [0.15, 0.2) is 72.8 Å².